The van der Waals surface area contributed by atoms with E-state index in [-0.39, 0.29) is 24.0 Å². The molecule has 132 valence electrons. The number of nitrogens with one attached hydrogen (secondary N) is 2. The molecule has 0 atom stereocenters. The van der Waals surface area contributed by atoms with Crippen LogP contribution in [0.5, 0.6) is 5.88 Å². The number of ether oxygens (including phenoxy) is 1. The zero-order chi connectivity index (χ0) is 16.5. The zero-order valence-corrected chi connectivity index (χ0v) is 17.4. The van der Waals surface area contributed by atoms with Gasteiger partial charge in [0.1, 0.15) is 0 Å². The molecule has 2 aromatic rings. The summed E-state index contributed by atoms with van der Waals surface area (Å²) in [6, 6.07) is 3.85. The predicted molar refractivity (Wildman–Crippen MR) is 110 cm³/mol. The minimum atomic E-state index is 0. The Morgan fingerprint density at radius 1 is 1.33 bits per heavy atom. The molecule has 0 aliphatic rings. The van der Waals surface area contributed by atoms with E-state index in [0.29, 0.717) is 12.4 Å². The topological polar surface area (TPSA) is 71.4 Å². The highest BCUT2D eigenvalue weighted by Crippen LogP contribution is 2.13. The van der Waals surface area contributed by atoms with Crippen molar-refractivity contribution in [3.05, 3.63) is 40.0 Å². The molecule has 0 saturated heterocycles. The van der Waals surface area contributed by atoms with Gasteiger partial charge in [-0.15, -0.1) is 35.3 Å². The standard InChI is InChI=1S/C16H23N5OS.HI/c1-4-13-11-20-15(23-13)6-8-19-16(17-2)21-10-12-5-7-18-14(9-12)22-3;/h5,7,9,11H,4,6,8,10H2,1-3H3,(H2,17,19,21);1H. The lowest BCUT2D eigenvalue weighted by molar-refractivity contribution is 0.397. The van der Waals surface area contributed by atoms with Crippen LogP contribution < -0.4 is 15.4 Å². The lowest BCUT2D eigenvalue weighted by atomic mass is 10.2. The molecule has 0 aliphatic carbocycles. The second-order valence-corrected chi connectivity index (χ2v) is 6.08. The molecule has 0 spiro atoms. The predicted octanol–water partition coefficient (Wildman–Crippen LogP) is 2.63. The molecule has 0 amide bonds. The SMILES string of the molecule is CCc1cnc(CCNC(=NC)NCc2ccnc(OC)c2)s1.I. The Bertz CT molecular complexity index is 647. The summed E-state index contributed by atoms with van der Waals surface area (Å²) in [7, 11) is 3.38. The van der Waals surface area contributed by atoms with Crippen LogP contribution in [0.1, 0.15) is 22.4 Å². The summed E-state index contributed by atoms with van der Waals surface area (Å²) in [6.45, 7) is 3.61. The lowest BCUT2D eigenvalue weighted by Crippen LogP contribution is -2.37. The van der Waals surface area contributed by atoms with Crippen molar-refractivity contribution in [2.75, 3.05) is 20.7 Å². The van der Waals surface area contributed by atoms with Crippen LogP contribution in [0.15, 0.2) is 29.5 Å². The molecule has 0 saturated carbocycles. The van der Waals surface area contributed by atoms with Crippen molar-refractivity contribution in [2.24, 2.45) is 4.99 Å². The number of rotatable bonds is 7. The number of thiazole rings is 1. The van der Waals surface area contributed by atoms with E-state index in [1.807, 2.05) is 18.3 Å². The van der Waals surface area contributed by atoms with Gasteiger partial charge in [0.15, 0.2) is 5.96 Å². The largest absolute Gasteiger partial charge is 0.481 e. The highest BCUT2D eigenvalue weighted by Gasteiger charge is 2.03. The van der Waals surface area contributed by atoms with Crippen molar-refractivity contribution in [2.45, 2.75) is 26.3 Å². The first-order chi connectivity index (χ1) is 11.2. The second-order valence-electron chi connectivity index (χ2n) is 4.88. The van der Waals surface area contributed by atoms with Crippen LogP contribution in [-0.2, 0) is 19.4 Å². The summed E-state index contributed by atoms with van der Waals surface area (Å²) in [5.41, 5.74) is 1.09. The minimum Gasteiger partial charge on any atom is -0.481 e. The quantitative estimate of drug-likeness (QED) is 0.377. The number of halogens is 1. The second kappa shape index (κ2) is 11.2. The van der Waals surface area contributed by atoms with E-state index in [1.165, 1.54) is 4.88 Å². The summed E-state index contributed by atoms with van der Waals surface area (Å²) < 4.78 is 5.12. The molecule has 0 unspecified atom stereocenters. The molecule has 24 heavy (non-hydrogen) atoms. The first-order valence-corrected chi connectivity index (χ1v) is 8.43. The number of methoxy groups -OCH3 is 1. The molecule has 0 radical (unpaired) electrons. The van der Waals surface area contributed by atoms with Gasteiger partial charge in [0.25, 0.3) is 0 Å². The van der Waals surface area contributed by atoms with Crippen molar-refractivity contribution in [1.82, 2.24) is 20.6 Å². The van der Waals surface area contributed by atoms with E-state index in [0.717, 1.165) is 35.9 Å². The molecule has 0 bridgehead atoms. The van der Waals surface area contributed by atoms with Crippen LogP contribution in [0.3, 0.4) is 0 Å². The maximum Gasteiger partial charge on any atom is 0.213 e. The Morgan fingerprint density at radius 3 is 2.83 bits per heavy atom. The van der Waals surface area contributed by atoms with Crippen LogP contribution in [0.4, 0.5) is 0 Å². The highest BCUT2D eigenvalue weighted by atomic mass is 127. The molecule has 0 aromatic carbocycles. The Hall–Kier alpha value is -1.42. The van der Waals surface area contributed by atoms with Gasteiger partial charge in [0.2, 0.25) is 5.88 Å². The first kappa shape index (κ1) is 20.6. The Labute approximate surface area is 164 Å². The molecule has 2 N–H and O–H groups in total. The monoisotopic (exact) mass is 461 g/mol. The number of nitrogens with zero attached hydrogens (tertiary/aromatic N) is 3. The summed E-state index contributed by atoms with van der Waals surface area (Å²) in [4.78, 5) is 14.1. The van der Waals surface area contributed by atoms with Gasteiger partial charge in [-0.1, -0.05) is 6.92 Å². The van der Waals surface area contributed by atoms with Gasteiger partial charge in [-0.05, 0) is 18.1 Å². The Balaban J connectivity index is 0.00000288. The molecule has 6 nitrogen and oxygen atoms in total. The van der Waals surface area contributed by atoms with Gasteiger partial charge in [-0.3, -0.25) is 4.99 Å². The van der Waals surface area contributed by atoms with E-state index in [9.17, 15) is 0 Å². The van der Waals surface area contributed by atoms with Crippen LogP contribution in [0.2, 0.25) is 0 Å². The van der Waals surface area contributed by atoms with E-state index in [4.69, 9.17) is 4.74 Å². The van der Waals surface area contributed by atoms with Crippen molar-refractivity contribution in [1.29, 1.82) is 0 Å². The number of guanidine groups is 1. The molecule has 0 fully saturated rings. The van der Waals surface area contributed by atoms with E-state index in [2.05, 4.69) is 32.5 Å². The first-order valence-electron chi connectivity index (χ1n) is 7.62. The van der Waals surface area contributed by atoms with E-state index in [1.54, 1.807) is 31.7 Å². The maximum atomic E-state index is 5.12. The number of hydrogen-bond acceptors (Lipinski definition) is 5. The maximum absolute atomic E-state index is 5.12. The normalized spacial score (nSPS) is 10.9. The molecule has 2 heterocycles. The number of aryl methyl sites for hydroxylation is 1. The van der Waals surface area contributed by atoms with Gasteiger partial charge in [-0.25, -0.2) is 9.97 Å². The highest BCUT2D eigenvalue weighted by molar-refractivity contribution is 14.0. The van der Waals surface area contributed by atoms with Gasteiger partial charge < -0.3 is 15.4 Å². The smallest absolute Gasteiger partial charge is 0.213 e. The van der Waals surface area contributed by atoms with Crippen molar-refractivity contribution >= 4 is 41.3 Å². The third-order valence-corrected chi connectivity index (χ3v) is 4.47. The van der Waals surface area contributed by atoms with Crippen LogP contribution >= 0.6 is 35.3 Å². The fourth-order valence-corrected chi connectivity index (χ4v) is 2.86. The van der Waals surface area contributed by atoms with Gasteiger partial charge >= 0.3 is 0 Å². The lowest BCUT2D eigenvalue weighted by Gasteiger charge is -2.11. The number of aromatic nitrogens is 2. The van der Waals surface area contributed by atoms with Gasteiger partial charge in [0, 0.05) is 49.9 Å². The van der Waals surface area contributed by atoms with Crippen molar-refractivity contribution in [3.8, 4) is 5.88 Å². The van der Waals surface area contributed by atoms with E-state index < -0.39 is 0 Å². The molecule has 0 aliphatic heterocycles. The van der Waals surface area contributed by atoms with Crippen molar-refractivity contribution in [3.63, 3.8) is 0 Å². The average molecular weight is 461 g/mol. The summed E-state index contributed by atoms with van der Waals surface area (Å²) in [5.74, 6) is 1.38. The van der Waals surface area contributed by atoms with Crippen LogP contribution in [0, 0.1) is 0 Å². The fourth-order valence-electron chi connectivity index (χ4n) is 1.99. The number of pyridine rings is 1. The summed E-state index contributed by atoms with van der Waals surface area (Å²) >= 11 is 1.77. The molecule has 2 aromatic heterocycles. The third-order valence-electron chi connectivity index (χ3n) is 3.27. The molecule has 2 rings (SSSR count). The summed E-state index contributed by atoms with van der Waals surface area (Å²) in [6.07, 6.45) is 5.64. The minimum absolute atomic E-state index is 0. The Kier molecular flexibility index (Phi) is 9.62. The van der Waals surface area contributed by atoms with Gasteiger partial charge in [0.05, 0.1) is 12.1 Å². The molecular weight excluding hydrogens is 437 g/mol. The van der Waals surface area contributed by atoms with Crippen LogP contribution in [-0.4, -0.2) is 36.6 Å². The van der Waals surface area contributed by atoms with Crippen molar-refractivity contribution < 1.29 is 4.74 Å². The average Bonchev–Trinajstić information content (AvgIpc) is 3.06. The number of aliphatic imine (C=N–C) groups is 1. The van der Waals surface area contributed by atoms with E-state index >= 15 is 0 Å². The fraction of sp³-hybridized carbons (Fsp3) is 0.438. The van der Waals surface area contributed by atoms with Gasteiger partial charge in [-0.2, -0.15) is 0 Å². The summed E-state index contributed by atoms with van der Waals surface area (Å²) in [5, 5.41) is 7.74. The molecule has 8 heteroatoms. The zero-order valence-electron chi connectivity index (χ0n) is 14.2. The number of hydrogen-bond donors (Lipinski definition) is 2. The van der Waals surface area contributed by atoms with Crippen LogP contribution in [0.25, 0.3) is 0 Å². The third kappa shape index (κ3) is 6.60. The molecular formula is C16H24IN5OS. The Morgan fingerprint density at radius 2 is 2.17 bits per heavy atom.